The van der Waals surface area contributed by atoms with Crippen LogP contribution in [0, 0.1) is 11.8 Å². The molecule has 1 rings (SSSR count). The van der Waals surface area contributed by atoms with Gasteiger partial charge < -0.3 is 52.6 Å². The van der Waals surface area contributed by atoms with Crippen LogP contribution in [0.1, 0.15) is 98.1 Å². The highest BCUT2D eigenvalue weighted by atomic mass is 16.5. The predicted octanol–water partition coefficient (Wildman–Crippen LogP) is 0.325. The van der Waals surface area contributed by atoms with E-state index < -0.39 is 47.8 Å². The van der Waals surface area contributed by atoms with E-state index >= 15 is 0 Å². The zero-order valence-electron chi connectivity index (χ0n) is 37.1. The van der Waals surface area contributed by atoms with E-state index in [1.807, 2.05) is 13.8 Å². The largest absolute Gasteiger partial charge is 0.461 e. The molecule has 1 aromatic carbocycles. The van der Waals surface area contributed by atoms with Gasteiger partial charge in [-0.15, -0.1) is 0 Å². The van der Waals surface area contributed by atoms with Gasteiger partial charge in [0.25, 0.3) is 0 Å². The number of nitrogens with zero attached hydrogens (tertiary/aromatic N) is 1. The van der Waals surface area contributed by atoms with E-state index in [9.17, 15) is 43.2 Å². The maximum Gasteiger partial charge on any atom is 0.312 e. The Hall–Kier alpha value is -5.59. The van der Waals surface area contributed by atoms with Crippen molar-refractivity contribution in [2.75, 3.05) is 39.8 Å². The van der Waals surface area contributed by atoms with Crippen molar-refractivity contribution in [1.29, 1.82) is 0 Å². The smallest absolute Gasteiger partial charge is 0.312 e. The number of hydrogen-bond donors (Lipinski definition) is 8. The van der Waals surface area contributed by atoms with Crippen LogP contribution >= 0.6 is 0 Å². The number of hydrogen-bond acceptors (Lipinski definition) is 11. The highest BCUT2D eigenvalue weighted by molar-refractivity contribution is 5.94. The molecule has 19 heteroatoms. The SMILES string of the molecule is CC(C)NCCNC(=O)[C@H](C)NC(=O)CN(C)C(=O)CCNC(=O)CCCC(=O)N[C@H](C(=O)N[C@@H](CCCNC(N)=O)C(=O)Cc1ccc(COC(=O)C(C)C)cc1)C(C)C. The van der Waals surface area contributed by atoms with Crippen LogP contribution < -0.4 is 43.0 Å². The molecule has 0 aliphatic carbocycles. The quantitative estimate of drug-likeness (QED) is 0.0402. The molecule has 0 heterocycles. The van der Waals surface area contributed by atoms with Crippen molar-refractivity contribution in [3.05, 3.63) is 35.4 Å². The van der Waals surface area contributed by atoms with Crippen molar-refractivity contribution >= 4 is 53.2 Å². The average molecular weight is 860 g/mol. The lowest BCUT2D eigenvalue weighted by molar-refractivity contribution is -0.148. The van der Waals surface area contributed by atoms with Gasteiger partial charge in [0.15, 0.2) is 5.78 Å². The normalized spacial score (nSPS) is 12.4. The molecule has 0 saturated heterocycles. The summed E-state index contributed by atoms with van der Waals surface area (Å²) in [5.74, 6) is -3.91. The number of rotatable bonds is 29. The fourth-order valence-electron chi connectivity index (χ4n) is 5.63. The molecule has 0 spiro atoms. The number of Topliss-reactive ketones (excluding diaryl/α,β-unsaturated/α-hetero) is 1. The number of amides is 8. The molecule has 0 aliphatic rings. The molecule has 9 N–H and O–H groups in total. The molecule has 0 unspecified atom stereocenters. The minimum atomic E-state index is -0.990. The van der Waals surface area contributed by atoms with E-state index in [0.717, 1.165) is 5.56 Å². The zero-order chi connectivity index (χ0) is 46.1. The van der Waals surface area contributed by atoms with E-state index in [1.54, 1.807) is 58.9 Å². The lowest BCUT2D eigenvalue weighted by Gasteiger charge is -2.25. The fourth-order valence-corrected chi connectivity index (χ4v) is 5.63. The Labute approximate surface area is 359 Å². The number of urea groups is 1. The van der Waals surface area contributed by atoms with E-state index in [1.165, 1.54) is 11.9 Å². The number of likely N-dealkylation sites (N-methyl/N-ethyl adjacent to an activating group) is 1. The summed E-state index contributed by atoms with van der Waals surface area (Å²) in [5.41, 5.74) is 6.59. The zero-order valence-corrected chi connectivity index (χ0v) is 37.1. The monoisotopic (exact) mass is 860 g/mol. The van der Waals surface area contributed by atoms with E-state index in [-0.39, 0.29) is 106 Å². The summed E-state index contributed by atoms with van der Waals surface area (Å²) in [6.07, 6.45) is 0.503. The van der Waals surface area contributed by atoms with E-state index in [4.69, 9.17) is 10.5 Å². The number of esters is 1. The third kappa shape index (κ3) is 23.7. The molecule has 342 valence electrons. The second-order valence-corrected chi connectivity index (χ2v) is 15.9. The number of nitrogens with two attached hydrogens (primary N) is 1. The van der Waals surface area contributed by atoms with Gasteiger partial charge in [0.05, 0.1) is 18.5 Å². The highest BCUT2D eigenvalue weighted by Crippen LogP contribution is 2.12. The summed E-state index contributed by atoms with van der Waals surface area (Å²) in [4.78, 5) is 114. The average Bonchev–Trinajstić information content (AvgIpc) is 3.18. The lowest BCUT2D eigenvalue weighted by Crippen LogP contribution is -2.54. The molecule has 61 heavy (non-hydrogen) atoms. The van der Waals surface area contributed by atoms with Crippen molar-refractivity contribution in [1.82, 2.24) is 42.1 Å². The molecule has 1 aromatic rings. The minimum Gasteiger partial charge on any atom is -0.461 e. The first-order valence-corrected chi connectivity index (χ1v) is 20.9. The number of benzene rings is 1. The van der Waals surface area contributed by atoms with Crippen molar-refractivity contribution < 1.29 is 47.9 Å². The third-order valence-electron chi connectivity index (χ3n) is 9.22. The fraction of sp³-hybridized carbons (Fsp3) is 0.643. The minimum absolute atomic E-state index is 0.00793. The molecule has 0 fully saturated rings. The second kappa shape index (κ2) is 28.8. The van der Waals surface area contributed by atoms with Gasteiger partial charge in [-0.2, -0.15) is 0 Å². The second-order valence-electron chi connectivity index (χ2n) is 15.9. The molecule has 0 aromatic heterocycles. The summed E-state index contributed by atoms with van der Waals surface area (Å²) < 4.78 is 5.26. The van der Waals surface area contributed by atoms with Crippen molar-refractivity contribution in [3.8, 4) is 0 Å². The van der Waals surface area contributed by atoms with Gasteiger partial charge in [-0.1, -0.05) is 65.8 Å². The predicted molar refractivity (Wildman–Crippen MR) is 228 cm³/mol. The Bertz CT molecular complexity index is 1620. The Morgan fingerprint density at radius 3 is 1.92 bits per heavy atom. The third-order valence-corrected chi connectivity index (χ3v) is 9.22. The van der Waals surface area contributed by atoms with Gasteiger partial charge in [0.1, 0.15) is 18.7 Å². The van der Waals surface area contributed by atoms with Gasteiger partial charge in [-0.3, -0.25) is 38.4 Å². The lowest BCUT2D eigenvalue weighted by atomic mass is 9.97. The summed E-state index contributed by atoms with van der Waals surface area (Å²) in [5, 5.41) is 19.0. The van der Waals surface area contributed by atoms with Gasteiger partial charge in [0, 0.05) is 65.0 Å². The van der Waals surface area contributed by atoms with Crippen LogP contribution in [0.25, 0.3) is 0 Å². The first-order valence-electron chi connectivity index (χ1n) is 20.9. The molecular formula is C42H69N9O10. The number of carbonyl (C=O) groups is 9. The topological polar surface area (TPSA) is 276 Å². The van der Waals surface area contributed by atoms with Crippen molar-refractivity contribution in [2.24, 2.45) is 17.6 Å². The van der Waals surface area contributed by atoms with Crippen LogP contribution in [0.5, 0.6) is 0 Å². The van der Waals surface area contributed by atoms with Crippen molar-refractivity contribution in [3.63, 3.8) is 0 Å². The molecule has 0 radical (unpaired) electrons. The Morgan fingerprint density at radius 1 is 0.672 bits per heavy atom. The summed E-state index contributed by atoms with van der Waals surface area (Å²) >= 11 is 0. The van der Waals surface area contributed by atoms with E-state index in [2.05, 4.69) is 37.2 Å². The van der Waals surface area contributed by atoms with Gasteiger partial charge >= 0.3 is 12.0 Å². The van der Waals surface area contributed by atoms with Crippen LogP contribution in [-0.4, -0.2) is 122 Å². The Kier molecular flexibility index (Phi) is 25.2. The maximum absolute atomic E-state index is 13.5. The molecule has 0 aliphatic heterocycles. The van der Waals surface area contributed by atoms with Crippen LogP contribution in [0.3, 0.4) is 0 Å². The van der Waals surface area contributed by atoms with Gasteiger partial charge in [-0.25, -0.2) is 4.79 Å². The first-order chi connectivity index (χ1) is 28.7. The maximum atomic E-state index is 13.5. The summed E-state index contributed by atoms with van der Waals surface area (Å²) in [6, 6.07) is 3.82. The Morgan fingerprint density at radius 2 is 1.31 bits per heavy atom. The number of ketones is 1. The van der Waals surface area contributed by atoms with Crippen LogP contribution in [0.2, 0.25) is 0 Å². The number of carbonyl (C=O) groups excluding carboxylic acids is 9. The first kappa shape index (κ1) is 53.4. The number of nitrogens with one attached hydrogen (secondary N) is 7. The summed E-state index contributed by atoms with van der Waals surface area (Å²) in [6.45, 7) is 13.5. The van der Waals surface area contributed by atoms with Crippen molar-refractivity contribution in [2.45, 2.75) is 124 Å². The molecular weight excluding hydrogens is 791 g/mol. The van der Waals surface area contributed by atoms with Gasteiger partial charge in [0.2, 0.25) is 35.4 Å². The molecule has 8 amide bonds. The highest BCUT2D eigenvalue weighted by Gasteiger charge is 2.29. The standard InChI is InChI=1S/C42H69N9O10/c1-26(2)38(40(58)49-32(11-10-19-47-42(43)60)33(52)23-30-14-16-31(17-15-30)25-61-41(59)27(3)4)50-35(54)13-9-12-34(53)45-20-18-37(56)51(8)24-36(55)48-29(7)39(57)46-22-21-44-28(5)6/h14-17,26-29,32,38,44H,9-13,18-25H2,1-8H3,(H,45,53)(H,46,57)(H,48,55)(H,49,58)(H,50,54)(H3,43,47,60)/t29-,32-,38-/m0/s1. The molecule has 3 atom stereocenters. The van der Waals surface area contributed by atoms with Crippen LogP contribution in [-0.2, 0) is 56.1 Å². The van der Waals surface area contributed by atoms with E-state index in [0.29, 0.717) is 25.1 Å². The molecule has 0 saturated carbocycles. The Balaban J connectivity index is 2.61. The summed E-state index contributed by atoms with van der Waals surface area (Å²) in [7, 11) is 1.44. The van der Waals surface area contributed by atoms with Crippen LogP contribution in [0.15, 0.2) is 24.3 Å². The molecule has 0 bridgehead atoms. The van der Waals surface area contributed by atoms with Gasteiger partial charge in [-0.05, 0) is 43.2 Å². The molecule has 19 nitrogen and oxygen atoms in total. The van der Waals surface area contributed by atoms with Crippen LogP contribution in [0.4, 0.5) is 4.79 Å². The number of ether oxygens (including phenoxy) is 1. The number of primary amides is 1.